The number of sulfonamides is 1. The van der Waals surface area contributed by atoms with Gasteiger partial charge in [0.1, 0.15) is 6.26 Å². The standard InChI is InChI=1S/C22H14ClN5O3S/c23-21-18(28-32(29,30)15-4-2-1-3-5-15)10-14(11-27-21)17-13-31-22-20(17)16(6-7-26-22)19-12-24-8-9-25-19/h1-13,28H. The van der Waals surface area contributed by atoms with Crippen molar-refractivity contribution in [3.63, 3.8) is 0 Å². The van der Waals surface area contributed by atoms with E-state index in [4.69, 9.17) is 16.0 Å². The zero-order valence-corrected chi connectivity index (χ0v) is 17.9. The summed E-state index contributed by atoms with van der Waals surface area (Å²) in [5.74, 6) is 0. The zero-order chi connectivity index (χ0) is 22.1. The number of benzene rings is 1. The second kappa shape index (κ2) is 8.03. The Morgan fingerprint density at radius 2 is 1.75 bits per heavy atom. The van der Waals surface area contributed by atoms with Crippen LogP contribution >= 0.6 is 11.6 Å². The number of aromatic nitrogens is 4. The SMILES string of the molecule is O=S(=O)(Nc1cc(-c2coc3nccc(-c4cnccn4)c23)cnc1Cl)c1ccccc1. The first-order chi connectivity index (χ1) is 15.5. The van der Waals surface area contributed by atoms with Crippen LogP contribution in [-0.2, 0) is 10.0 Å². The molecule has 0 radical (unpaired) electrons. The van der Waals surface area contributed by atoms with Gasteiger partial charge in [0.2, 0.25) is 5.71 Å². The predicted molar refractivity (Wildman–Crippen MR) is 121 cm³/mol. The maximum atomic E-state index is 12.8. The highest BCUT2D eigenvalue weighted by molar-refractivity contribution is 7.92. The van der Waals surface area contributed by atoms with Crippen LogP contribution in [0, 0.1) is 0 Å². The van der Waals surface area contributed by atoms with Gasteiger partial charge in [-0.3, -0.25) is 14.7 Å². The minimum absolute atomic E-state index is 0.0216. The second-order valence-corrected chi connectivity index (χ2v) is 8.80. The molecule has 4 aromatic heterocycles. The largest absolute Gasteiger partial charge is 0.445 e. The lowest BCUT2D eigenvalue weighted by molar-refractivity contribution is 0.601. The van der Waals surface area contributed by atoms with Gasteiger partial charge < -0.3 is 4.42 Å². The predicted octanol–water partition coefficient (Wildman–Crippen LogP) is 4.80. The number of hydrogen-bond acceptors (Lipinski definition) is 7. The third-order valence-corrected chi connectivity index (χ3v) is 6.44. The maximum Gasteiger partial charge on any atom is 0.261 e. The Morgan fingerprint density at radius 3 is 2.53 bits per heavy atom. The van der Waals surface area contributed by atoms with Gasteiger partial charge in [0, 0.05) is 41.5 Å². The molecule has 1 N–H and O–H groups in total. The highest BCUT2D eigenvalue weighted by Crippen LogP contribution is 2.37. The third kappa shape index (κ3) is 3.68. The molecule has 0 unspecified atom stereocenters. The molecule has 0 saturated heterocycles. The summed E-state index contributed by atoms with van der Waals surface area (Å²) in [5, 5.41) is 0.724. The second-order valence-electron chi connectivity index (χ2n) is 6.76. The Hall–Kier alpha value is -3.82. The molecule has 5 rings (SSSR count). The lowest BCUT2D eigenvalue weighted by Crippen LogP contribution is -2.13. The fourth-order valence-electron chi connectivity index (χ4n) is 3.30. The van der Waals surface area contributed by atoms with E-state index in [2.05, 4.69) is 24.7 Å². The van der Waals surface area contributed by atoms with Crippen LogP contribution in [0.2, 0.25) is 5.15 Å². The van der Waals surface area contributed by atoms with Gasteiger partial charge in [-0.1, -0.05) is 29.8 Å². The summed E-state index contributed by atoms with van der Waals surface area (Å²) in [7, 11) is -3.84. The Balaban J connectivity index is 1.62. The topological polar surface area (TPSA) is 111 Å². The number of anilines is 1. The van der Waals surface area contributed by atoms with Gasteiger partial charge in [0.05, 0.1) is 27.9 Å². The van der Waals surface area contributed by atoms with E-state index >= 15 is 0 Å². The van der Waals surface area contributed by atoms with Crippen molar-refractivity contribution < 1.29 is 12.8 Å². The molecule has 0 fully saturated rings. The van der Waals surface area contributed by atoms with Gasteiger partial charge in [-0.2, -0.15) is 0 Å². The fraction of sp³-hybridized carbons (Fsp3) is 0. The molecular weight excluding hydrogens is 450 g/mol. The van der Waals surface area contributed by atoms with Gasteiger partial charge in [0.15, 0.2) is 5.15 Å². The third-order valence-electron chi connectivity index (χ3n) is 4.76. The number of furan rings is 1. The highest BCUT2D eigenvalue weighted by atomic mass is 35.5. The summed E-state index contributed by atoms with van der Waals surface area (Å²) in [4.78, 5) is 17.1. The summed E-state index contributed by atoms with van der Waals surface area (Å²) in [5.41, 5.74) is 3.23. The van der Waals surface area contributed by atoms with E-state index in [9.17, 15) is 8.42 Å². The Kier molecular flexibility index (Phi) is 5.04. The first-order valence-electron chi connectivity index (χ1n) is 9.39. The van der Waals surface area contributed by atoms with Crippen LogP contribution in [0.5, 0.6) is 0 Å². The van der Waals surface area contributed by atoms with E-state index in [1.54, 1.807) is 55.2 Å². The molecule has 0 atom stereocenters. The first kappa shape index (κ1) is 20.1. The van der Waals surface area contributed by atoms with Crippen molar-refractivity contribution in [2.75, 3.05) is 4.72 Å². The number of nitrogens with one attached hydrogen (secondary N) is 1. The van der Waals surface area contributed by atoms with Crippen molar-refractivity contribution >= 4 is 38.4 Å². The average Bonchev–Trinajstić information content (AvgIpc) is 3.26. The summed E-state index contributed by atoms with van der Waals surface area (Å²) in [6, 6.07) is 11.4. The molecule has 0 aliphatic carbocycles. The Morgan fingerprint density at radius 1 is 0.906 bits per heavy atom. The van der Waals surface area contributed by atoms with Crippen molar-refractivity contribution in [1.82, 2.24) is 19.9 Å². The molecule has 32 heavy (non-hydrogen) atoms. The van der Waals surface area contributed by atoms with Crippen molar-refractivity contribution in [3.8, 4) is 22.4 Å². The normalized spacial score (nSPS) is 11.5. The molecule has 0 saturated carbocycles. The quantitative estimate of drug-likeness (QED) is 0.372. The van der Waals surface area contributed by atoms with Crippen LogP contribution in [0.3, 0.4) is 0 Å². The average molecular weight is 464 g/mol. The summed E-state index contributed by atoms with van der Waals surface area (Å²) >= 11 is 6.20. The molecule has 0 aliphatic heterocycles. The van der Waals surface area contributed by atoms with E-state index in [-0.39, 0.29) is 15.7 Å². The van der Waals surface area contributed by atoms with Crippen LogP contribution < -0.4 is 4.72 Å². The summed E-state index contributed by atoms with van der Waals surface area (Å²) in [6.45, 7) is 0. The Bertz CT molecular complexity index is 1520. The fourth-order valence-corrected chi connectivity index (χ4v) is 4.59. The van der Waals surface area contributed by atoms with E-state index in [0.29, 0.717) is 27.9 Å². The van der Waals surface area contributed by atoms with Crippen LogP contribution in [0.4, 0.5) is 5.69 Å². The number of rotatable bonds is 5. The number of fused-ring (bicyclic) bond motifs is 1. The highest BCUT2D eigenvalue weighted by Gasteiger charge is 2.19. The van der Waals surface area contributed by atoms with Crippen LogP contribution in [0.25, 0.3) is 33.5 Å². The lowest BCUT2D eigenvalue weighted by Gasteiger charge is -2.11. The van der Waals surface area contributed by atoms with Crippen LogP contribution in [0.1, 0.15) is 0 Å². The van der Waals surface area contributed by atoms with Gasteiger partial charge in [0.25, 0.3) is 10.0 Å². The van der Waals surface area contributed by atoms with Crippen molar-refractivity contribution in [2.45, 2.75) is 4.90 Å². The molecule has 10 heteroatoms. The summed E-state index contributed by atoms with van der Waals surface area (Å²) in [6.07, 6.45) is 9.54. The molecular formula is C22H14ClN5O3S. The Labute approximate surface area is 188 Å². The number of pyridine rings is 2. The van der Waals surface area contributed by atoms with E-state index in [0.717, 1.165) is 5.56 Å². The molecule has 4 heterocycles. The van der Waals surface area contributed by atoms with Gasteiger partial charge >= 0.3 is 0 Å². The van der Waals surface area contributed by atoms with Gasteiger partial charge in [-0.25, -0.2) is 18.4 Å². The first-order valence-corrected chi connectivity index (χ1v) is 11.3. The number of nitrogens with zero attached hydrogens (tertiary/aromatic N) is 4. The van der Waals surface area contributed by atoms with Crippen molar-refractivity contribution in [2.24, 2.45) is 0 Å². The van der Waals surface area contributed by atoms with Crippen LogP contribution in [0.15, 0.2) is 89.0 Å². The number of halogens is 1. The smallest absolute Gasteiger partial charge is 0.261 e. The molecule has 0 amide bonds. The molecule has 8 nitrogen and oxygen atoms in total. The number of hydrogen-bond donors (Lipinski definition) is 1. The van der Waals surface area contributed by atoms with Gasteiger partial charge in [-0.15, -0.1) is 0 Å². The molecule has 1 aromatic carbocycles. The molecule has 0 spiro atoms. The summed E-state index contributed by atoms with van der Waals surface area (Å²) < 4.78 is 33.7. The molecule has 5 aromatic rings. The van der Waals surface area contributed by atoms with E-state index in [1.807, 2.05) is 6.07 Å². The monoisotopic (exact) mass is 463 g/mol. The molecule has 158 valence electrons. The maximum absolute atomic E-state index is 12.8. The zero-order valence-electron chi connectivity index (χ0n) is 16.3. The van der Waals surface area contributed by atoms with E-state index in [1.165, 1.54) is 18.4 Å². The minimum Gasteiger partial charge on any atom is -0.445 e. The molecule has 0 bridgehead atoms. The van der Waals surface area contributed by atoms with Crippen molar-refractivity contribution in [3.05, 3.63) is 84.9 Å². The minimum atomic E-state index is -3.84. The van der Waals surface area contributed by atoms with Gasteiger partial charge in [-0.05, 0) is 24.3 Å². The lowest BCUT2D eigenvalue weighted by atomic mass is 10.0. The van der Waals surface area contributed by atoms with E-state index < -0.39 is 10.0 Å². The molecule has 0 aliphatic rings. The van der Waals surface area contributed by atoms with Crippen LogP contribution in [-0.4, -0.2) is 28.4 Å². The van der Waals surface area contributed by atoms with Crippen molar-refractivity contribution in [1.29, 1.82) is 0 Å².